The van der Waals surface area contributed by atoms with Crippen LogP contribution in [-0.4, -0.2) is 17.1 Å². The van der Waals surface area contributed by atoms with E-state index < -0.39 is 0 Å². The molecular formula is C9H15NO2. The first kappa shape index (κ1) is 9.26. The second-order valence-corrected chi connectivity index (χ2v) is 3.33. The normalized spacial score (nSPS) is 30.8. The molecule has 3 N–H and O–H groups in total. The lowest BCUT2D eigenvalue weighted by Gasteiger charge is -2.22. The van der Waals surface area contributed by atoms with E-state index in [0.717, 1.165) is 25.7 Å². The van der Waals surface area contributed by atoms with Crippen LogP contribution < -0.4 is 5.73 Å². The zero-order chi connectivity index (χ0) is 8.97. The Kier molecular flexibility index (Phi) is 3.29. The fraction of sp³-hybridized carbons (Fsp3) is 0.667. The van der Waals surface area contributed by atoms with Crippen LogP contribution in [0.5, 0.6) is 0 Å². The van der Waals surface area contributed by atoms with E-state index in [-0.39, 0.29) is 12.0 Å². The number of carbonyl (C=O) groups excluding carboxylic acids is 1. The van der Waals surface area contributed by atoms with Gasteiger partial charge in [-0.25, -0.2) is 0 Å². The number of primary amides is 1. The lowest BCUT2D eigenvalue weighted by Crippen LogP contribution is -2.17. The molecule has 12 heavy (non-hydrogen) atoms. The molecule has 0 atom stereocenters. The molecule has 1 amide bonds. The highest BCUT2D eigenvalue weighted by Gasteiger charge is 2.16. The van der Waals surface area contributed by atoms with Crippen molar-refractivity contribution in [1.29, 1.82) is 0 Å². The summed E-state index contributed by atoms with van der Waals surface area (Å²) in [5, 5.41) is 9.19. The van der Waals surface area contributed by atoms with Gasteiger partial charge in [-0.3, -0.25) is 4.79 Å². The number of amides is 1. The second-order valence-electron chi connectivity index (χ2n) is 3.33. The van der Waals surface area contributed by atoms with E-state index in [9.17, 15) is 9.90 Å². The maximum Gasteiger partial charge on any atom is 0.241 e. The van der Waals surface area contributed by atoms with E-state index in [1.54, 1.807) is 0 Å². The topological polar surface area (TPSA) is 63.3 Å². The molecule has 0 spiro atoms. The van der Waals surface area contributed by atoms with Gasteiger partial charge in [-0.15, -0.1) is 0 Å². The van der Waals surface area contributed by atoms with Gasteiger partial charge in [0, 0.05) is 0 Å². The predicted molar refractivity (Wildman–Crippen MR) is 46.3 cm³/mol. The largest absolute Gasteiger partial charge is 0.393 e. The van der Waals surface area contributed by atoms with Crippen LogP contribution in [0.2, 0.25) is 0 Å². The first-order chi connectivity index (χ1) is 5.68. The first-order valence-electron chi connectivity index (χ1n) is 4.34. The number of aliphatic hydroxyl groups is 1. The van der Waals surface area contributed by atoms with Crippen molar-refractivity contribution in [2.24, 2.45) is 11.7 Å². The van der Waals surface area contributed by atoms with Gasteiger partial charge < -0.3 is 10.8 Å². The van der Waals surface area contributed by atoms with Crippen molar-refractivity contribution in [3.63, 3.8) is 0 Å². The van der Waals surface area contributed by atoms with Crippen molar-refractivity contribution in [2.75, 3.05) is 0 Å². The highest BCUT2D eigenvalue weighted by Crippen LogP contribution is 2.24. The van der Waals surface area contributed by atoms with Crippen LogP contribution in [0.15, 0.2) is 12.2 Å². The van der Waals surface area contributed by atoms with Gasteiger partial charge >= 0.3 is 0 Å². The number of carbonyl (C=O) groups is 1. The van der Waals surface area contributed by atoms with Gasteiger partial charge in [0.2, 0.25) is 5.91 Å². The van der Waals surface area contributed by atoms with Gasteiger partial charge in [0.15, 0.2) is 0 Å². The first-order valence-corrected chi connectivity index (χ1v) is 4.34. The number of rotatable bonds is 2. The fourth-order valence-electron chi connectivity index (χ4n) is 1.52. The van der Waals surface area contributed by atoms with Crippen LogP contribution >= 0.6 is 0 Å². The molecule has 68 valence electrons. The van der Waals surface area contributed by atoms with E-state index in [4.69, 9.17) is 5.73 Å². The third-order valence-electron chi connectivity index (χ3n) is 2.27. The van der Waals surface area contributed by atoms with Crippen LogP contribution in [0.1, 0.15) is 25.7 Å². The van der Waals surface area contributed by atoms with Crippen molar-refractivity contribution in [2.45, 2.75) is 31.8 Å². The summed E-state index contributed by atoms with van der Waals surface area (Å²) in [5.74, 6) is 0.0435. The lowest BCUT2D eigenvalue weighted by atomic mass is 9.87. The quantitative estimate of drug-likeness (QED) is 0.594. The summed E-state index contributed by atoms with van der Waals surface area (Å²) in [4.78, 5) is 10.4. The molecule has 0 aromatic carbocycles. The highest BCUT2D eigenvalue weighted by atomic mass is 16.3. The van der Waals surface area contributed by atoms with Gasteiger partial charge in [-0.2, -0.15) is 0 Å². The summed E-state index contributed by atoms with van der Waals surface area (Å²) >= 11 is 0. The van der Waals surface area contributed by atoms with Gasteiger partial charge in [0.05, 0.1) is 6.10 Å². The Morgan fingerprint density at radius 1 is 1.33 bits per heavy atom. The summed E-state index contributed by atoms with van der Waals surface area (Å²) in [6.45, 7) is 0. The van der Waals surface area contributed by atoms with Crippen LogP contribution in [0, 0.1) is 5.92 Å². The van der Waals surface area contributed by atoms with Crippen LogP contribution in [0.25, 0.3) is 0 Å². The minimum Gasteiger partial charge on any atom is -0.393 e. The maximum absolute atomic E-state index is 10.4. The third kappa shape index (κ3) is 3.05. The molecule has 0 saturated heterocycles. The Bertz CT molecular complexity index is 181. The molecule has 1 aliphatic rings. The SMILES string of the molecule is NC(=O)C=CC1CCC(O)CC1. The molecule has 1 rings (SSSR count). The van der Waals surface area contributed by atoms with Crippen molar-refractivity contribution in [3.8, 4) is 0 Å². The highest BCUT2D eigenvalue weighted by molar-refractivity contribution is 5.85. The second kappa shape index (κ2) is 4.26. The summed E-state index contributed by atoms with van der Waals surface area (Å²) in [5.41, 5.74) is 4.96. The molecule has 1 fully saturated rings. The summed E-state index contributed by atoms with van der Waals surface area (Å²) in [7, 11) is 0. The number of hydrogen-bond donors (Lipinski definition) is 2. The van der Waals surface area contributed by atoms with Crippen molar-refractivity contribution in [1.82, 2.24) is 0 Å². The standard InChI is InChI=1S/C9H15NO2/c10-9(12)6-3-7-1-4-8(11)5-2-7/h3,6-8,11H,1-2,4-5H2,(H2,10,12). The molecule has 0 aromatic heterocycles. The Morgan fingerprint density at radius 2 is 1.92 bits per heavy atom. The van der Waals surface area contributed by atoms with E-state index in [1.807, 2.05) is 6.08 Å². The Morgan fingerprint density at radius 3 is 2.42 bits per heavy atom. The average Bonchev–Trinajstić information content (AvgIpc) is 2.03. The minimum atomic E-state index is -0.388. The van der Waals surface area contributed by atoms with Crippen molar-refractivity contribution in [3.05, 3.63) is 12.2 Å². The third-order valence-corrected chi connectivity index (χ3v) is 2.27. The van der Waals surface area contributed by atoms with Crippen LogP contribution in [0.4, 0.5) is 0 Å². The molecule has 1 saturated carbocycles. The summed E-state index contributed by atoms with van der Waals surface area (Å²) < 4.78 is 0. The Labute approximate surface area is 72.3 Å². The molecule has 0 radical (unpaired) electrons. The molecule has 0 bridgehead atoms. The van der Waals surface area contributed by atoms with E-state index in [2.05, 4.69) is 0 Å². The monoisotopic (exact) mass is 169 g/mol. The molecule has 0 unspecified atom stereocenters. The molecular weight excluding hydrogens is 154 g/mol. The molecule has 0 heterocycles. The van der Waals surface area contributed by atoms with Gasteiger partial charge in [0.25, 0.3) is 0 Å². The van der Waals surface area contributed by atoms with Gasteiger partial charge in [-0.05, 0) is 37.7 Å². The number of nitrogens with two attached hydrogens (primary N) is 1. The van der Waals surface area contributed by atoms with E-state index >= 15 is 0 Å². The molecule has 3 nitrogen and oxygen atoms in total. The zero-order valence-electron chi connectivity index (χ0n) is 7.07. The van der Waals surface area contributed by atoms with Crippen molar-refractivity contribution >= 4 is 5.91 Å². The predicted octanol–water partition coefficient (Wildman–Crippen LogP) is 0.579. The molecule has 0 aromatic rings. The molecule has 3 heteroatoms. The van der Waals surface area contributed by atoms with Crippen molar-refractivity contribution < 1.29 is 9.90 Å². The maximum atomic E-state index is 10.4. The average molecular weight is 169 g/mol. The fourth-order valence-corrected chi connectivity index (χ4v) is 1.52. The van der Waals surface area contributed by atoms with Crippen LogP contribution in [-0.2, 0) is 4.79 Å². The molecule has 1 aliphatic carbocycles. The van der Waals surface area contributed by atoms with E-state index in [1.165, 1.54) is 6.08 Å². The lowest BCUT2D eigenvalue weighted by molar-refractivity contribution is -0.113. The van der Waals surface area contributed by atoms with E-state index in [0.29, 0.717) is 5.92 Å². The zero-order valence-corrected chi connectivity index (χ0v) is 7.07. The molecule has 0 aliphatic heterocycles. The van der Waals surface area contributed by atoms with Crippen LogP contribution in [0.3, 0.4) is 0 Å². The van der Waals surface area contributed by atoms with Gasteiger partial charge in [0.1, 0.15) is 0 Å². The smallest absolute Gasteiger partial charge is 0.241 e. The van der Waals surface area contributed by atoms with Gasteiger partial charge in [-0.1, -0.05) is 6.08 Å². The summed E-state index contributed by atoms with van der Waals surface area (Å²) in [6, 6.07) is 0. The Balaban J connectivity index is 2.30. The number of aliphatic hydroxyl groups excluding tert-OH is 1. The summed E-state index contributed by atoms with van der Waals surface area (Å²) in [6.07, 6.45) is 6.75. The minimum absolute atomic E-state index is 0.136. The Hall–Kier alpha value is -0.830. The number of hydrogen-bond acceptors (Lipinski definition) is 2. The number of allylic oxidation sites excluding steroid dienone is 1.